The van der Waals surface area contributed by atoms with E-state index in [1.165, 1.54) is 0 Å². The number of rotatable bonds is 7. The maximum Gasteiger partial charge on any atom is 0.256 e. The molecule has 4 aromatic carbocycles. The lowest BCUT2D eigenvalue weighted by Crippen LogP contribution is -2.30. The van der Waals surface area contributed by atoms with Crippen molar-refractivity contribution in [3.8, 4) is 22.6 Å². The molecule has 1 atom stereocenters. The van der Waals surface area contributed by atoms with Gasteiger partial charge in [-0.3, -0.25) is 19.6 Å². The minimum absolute atomic E-state index is 0.183. The molecule has 0 aliphatic carbocycles. The molecule has 214 valence electrons. The number of carbonyl (C=O) groups is 2. The zero-order chi connectivity index (χ0) is 29.9. The molecule has 0 saturated heterocycles. The predicted octanol–water partition coefficient (Wildman–Crippen LogP) is 6.80. The van der Waals surface area contributed by atoms with Crippen LogP contribution in [0.1, 0.15) is 38.0 Å². The molecule has 2 N–H and O–H groups in total. The summed E-state index contributed by atoms with van der Waals surface area (Å²) in [4.78, 5) is 35.8. The Morgan fingerprint density at radius 3 is 2.41 bits per heavy atom. The standard InChI is InChI=1S/C36H26N4O4/c41-35(40-34(23-8-2-1-3-9-23)30-12-6-7-17-37-30)26-18-25-13-15-27(20-31(25)38-21-26)39-36(42)29-11-5-4-10-28(29)24-14-16-32-33(19-24)44-22-43-32/h1-21,34H,22H2,(H,39,42)(H,40,41). The first kappa shape index (κ1) is 26.9. The largest absolute Gasteiger partial charge is 0.454 e. The van der Waals surface area contributed by atoms with Crippen molar-refractivity contribution in [3.05, 3.63) is 150 Å². The number of pyridine rings is 2. The van der Waals surface area contributed by atoms with E-state index in [1.54, 1.807) is 36.7 Å². The highest BCUT2D eigenvalue weighted by atomic mass is 16.7. The van der Waals surface area contributed by atoms with Crippen molar-refractivity contribution in [1.82, 2.24) is 15.3 Å². The fraction of sp³-hybridized carbons (Fsp3) is 0.0556. The Labute approximate surface area is 253 Å². The monoisotopic (exact) mass is 578 g/mol. The van der Waals surface area contributed by atoms with Crippen LogP contribution in [0.25, 0.3) is 22.0 Å². The third kappa shape index (κ3) is 5.44. The van der Waals surface area contributed by atoms with E-state index in [0.29, 0.717) is 33.8 Å². The molecule has 0 radical (unpaired) electrons. The van der Waals surface area contributed by atoms with Crippen LogP contribution >= 0.6 is 0 Å². The van der Waals surface area contributed by atoms with Gasteiger partial charge in [-0.1, -0.05) is 66.7 Å². The van der Waals surface area contributed by atoms with Crippen LogP contribution in [0.15, 0.2) is 128 Å². The molecule has 6 aromatic rings. The summed E-state index contributed by atoms with van der Waals surface area (Å²) in [5.41, 5.74) is 5.46. The second kappa shape index (κ2) is 11.7. The fourth-order valence-corrected chi connectivity index (χ4v) is 5.25. The van der Waals surface area contributed by atoms with Crippen molar-refractivity contribution < 1.29 is 19.1 Å². The maximum absolute atomic E-state index is 13.4. The number of amides is 2. The molecule has 0 spiro atoms. The highest BCUT2D eigenvalue weighted by Gasteiger charge is 2.20. The number of hydrogen-bond donors (Lipinski definition) is 2. The molecule has 1 aliphatic heterocycles. The Morgan fingerprint density at radius 2 is 1.55 bits per heavy atom. The van der Waals surface area contributed by atoms with Crippen molar-refractivity contribution in [2.45, 2.75) is 6.04 Å². The molecule has 44 heavy (non-hydrogen) atoms. The van der Waals surface area contributed by atoms with Crippen LogP contribution in [0.3, 0.4) is 0 Å². The van der Waals surface area contributed by atoms with Crippen LogP contribution in [0.4, 0.5) is 5.69 Å². The van der Waals surface area contributed by atoms with Crippen molar-refractivity contribution in [3.63, 3.8) is 0 Å². The van der Waals surface area contributed by atoms with E-state index in [4.69, 9.17) is 9.47 Å². The summed E-state index contributed by atoms with van der Waals surface area (Å²) in [5, 5.41) is 6.87. The Morgan fingerprint density at radius 1 is 0.727 bits per heavy atom. The topological polar surface area (TPSA) is 102 Å². The summed E-state index contributed by atoms with van der Waals surface area (Å²) in [6, 6.07) is 35.2. The van der Waals surface area contributed by atoms with Gasteiger partial charge in [0.15, 0.2) is 11.5 Å². The first-order valence-electron chi connectivity index (χ1n) is 14.1. The van der Waals surface area contributed by atoms with Crippen molar-refractivity contribution >= 4 is 28.4 Å². The molecule has 1 aliphatic rings. The van der Waals surface area contributed by atoms with E-state index in [9.17, 15) is 9.59 Å². The zero-order valence-electron chi connectivity index (χ0n) is 23.4. The summed E-state index contributed by atoms with van der Waals surface area (Å²) in [7, 11) is 0. The maximum atomic E-state index is 13.4. The molecule has 2 amide bonds. The minimum atomic E-state index is -0.418. The number of anilines is 1. The highest BCUT2D eigenvalue weighted by Crippen LogP contribution is 2.37. The van der Waals surface area contributed by atoms with E-state index in [-0.39, 0.29) is 18.6 Å². The summed E-state index contributed by atoms with van der Waals surface area (Å²) in [6.07, 6.45) is 3.25. The molecule has 1 unspecified atom stereocenters. The SMILES string of the molecule is O=C(NC(c1ccccc1)c1ccccn1)c1cnc2cc(NC(=O)c3ccccc3-c3ccc4c(c3)OCO4)ccc2c1. The van der Waals surface area contributed by atoms with Crippen LogP contribution in [-0.2, 0) is 0 Å². The average molecular weight is 579 g/mol. The third-order valence-corrected chi connectivity index (χ3v) is 7.45. The van der Waals surface area contributed by atoms with Crippen molar-refractivity contribution in [2.75, 3.05) is 12.1 Å². The van der Waals surface area contributed by atoms with Gasteiger partial charge in [0, 0.05) is 29.0 Å². The molecule has 2 aromatic heterocycles. The second-order valence-corrected chi connectivity index (χ2v) is 10.3. The molecule has 0 bridgehead atoms. The van der Waals surface area contributed by atoms with Gasteiger partial charge in [-0.25, -0.2) is 0 Å². The molecular formula is C36H26N4O4. The van der Waals surface area contributed by atoms with Gasteiger partial charge in [0.1, 0.15) is 0 Å². The highest BCUT2D eigenvalue weighted by molar-refractivity contribution is 6.09. The van der Waals surface area contributed by atoms with E-state index in [1.807, 2.05) is 91.0 Å². The van der Waals surface area contributed by atoms with Gasteiger partial charge in [0.2, 0.25) is 6.79 Å². The molecular weight excluding hydrogens is 552 g/mol. The number of fused-ring (bicyclic) bond motifs is 2. The number of ether oxygens (including phenoxy) is 2. The van der Waals surface area contributed by atoms with Gasteiger partial charge in [0.05, 0.1) is 22.8 Å². The first-order chi connectivity index (χ1) is 21.6. The second-order valence-electron chi connectivity index (χ2n) is 10.3. The fourth-order valence-electron chi connectivity index (χ4n) is 5.25. The molecule has 0 fully saturated rings. The number of benzene rings is 4. The number of nitrogens with one attached hydrogen (secondary N) is 2. The lowest BCUT2D eigenvalue weighted by Gasteiger charge is -2.19. The average Bonchev–Trinajstić information content (AvgIpc) is 3.56. The van der Waals surface area contributed by atoms with Crippen LogP contribution in [0.5, 0.6) is 11.5 Å². The molecule has 8 heteroatoms. The summed E-state index contributed by atoms with van der Waals surface area (Å²) in [6.45, 7) is 0.183. The van der Waals surface area contributed by atoms with E-state index in [2.05, 4.69) is 20.6 Å². The summed E-state index contributed by atoms with van der Waals surface area (Å²) in [5.74, 6) is 0.814. The van der Waals surface area contributed by atoms with Crippen LogP contribution in [0.2, 0.25) is 0 Å². The van der Waals surface area contributed by atoms with E-state index >= 15 is 0 Å². The lowest BCUT2D eigenvalue weighted by molar-refractivity contribution is 0.0941. The van der Waals surface area contributed by atoms with Crippen LogP contribution < -0.4 is 20.1 Å². The summed E-state index contributed by atoms with van der Waals surface area (Å²) >= 11 is 0. The van der Waals surface area contributed by atoms with E-state index < -0.39 is 6.04 Å². The molecule has 7 rings (SSSR count). The number of nitrogens with zero attached hydrogens (tertiary/aromatic N) is 2. The van der Waals surface area contributed by atoms with Gasteiger partial charge in [-0.2, -0.15) is 0 Å². The minimum Gasteiger partial charge on any atom is -0.454 e. The quantitative estimate of drug-likeness (QED) is 0.216. The Kier molecular flexibility index (Phi) is 7.14. The molecule has 3 heterocycles. The van der Waals surface area contributed by atoms with E-state index in [0.717, 1.165) is 27.8 Å². The van der Waals surface area contributed by atoms with Crippen LogP contribution in [-0.4, -0.2) is 28.6 Å². The molecule has 0 saturated carbocycles. The number of hydrogen-bond acceptors (Lipinski definition) is 6. The Balaban J connectivity index is 1.10. The van der Waals surface area contributed by atoms with Gasteiger partial charge < -0.3 is 20.1 Å². The van der Waals surface area contributed by atoms with Gasteiger partial charge in [-0.05, 0) is 65.2 Å². The third-order valence-electron chi connectivity index (χ3n) is 7.45. The predicted molar refractivity (Wildman–Crippen MR) is 168 cm³/mol. The number of aromatic nitrogens is 2. The van der Waals surface area contributed by atoms with Gasteiger partial charge >= 0.3 is 0 Å². The van der Waals surface area contributed by atoms with Crippen LogP contribution in [0, 0.1) is 0 Å². The number of carbonyl (C=O) groups excluding carboxylic acids is 2. The normalized spacial score (nSPS) is 12.5. The van der Waals surface area contributed by atoms with Crippen molar-refractivity contribution in [2.24, 2.45) is 0 Å². The smallest absolute Gasteiger partial charge is 0.256 e. The summed E-state index contributed by atoms with van der Waals surface area (Å²) < 4.78 is 10.9. The Bertz CT molecular complexity index is 1960. The van der Waals surface area contributed by atoms with Gasteiger partial charge in [0.25, 0.3) is 11.8 Å². The molecule has 8 nitrogen and oxygen atoms in total. The Hall–Kier alpha value is -6.02. The van der Waals surface area contributed by atoms with Crippen molar-refractivity contribution in [1.29, 1.82) is 0 Å². The van der Waals surface area contributed by atoms with Gasteiger partial charge in [-0.15, -0.1) is 0 Å². The lowest BCUT2D eigenvalue weighted by atomic mass is 9.98. The zero-order valence-corrected chi connectivity index (χ0v) is 23.4. The first-order valence-corrected chi connectivity index (χ1v) is 14.1.